The predicted molar refractivity (Wildman–Crippen MR) is 158 cm³/mol. The van der Waals surface area contributed by atoms with Crippen LogP contribution in [0.1, 0.15) is 24.2 Å². The summed E-state index contributed by atoms with van der Waals surface area (Å²) in [5.41, 5.74) is -0.0623. The molecule has 0 spiro atoms. The number of hydrogen-bond donors (Lipinski definition) is 2. The van der Waals surface area contributed by atoms with Gasteiger partial charge in [-0.1, -0.05) is 12.1 Å². The Morgan fingerprint density at radius 2 is 1.80 bits per heavy atom. The number of nitrogens with one attached hydrogen (secondary N) is 2. The fourth-order valence-corrected chi connectivity index (χ4v) is 4.36. The molecule has 12 nitrogen and oxygen atoms in total. The average molecular weight is 626 g/mol. The van der Waals surface area contributed by atoms with Gasteiger partial charge in [-0.05, 0) is 37.1 Å². The molecule has 15 heteroatoms. The van der Waals surface area contributed by atoms with Crippen LogP contribution in [-0.2, 0) is 27.4 Å². The highest BCUT2D eigenvalue weighted by Gasteiger charge is 2.23. The molecule has 2 heterocycles. The van der Waals surface area contributed by atoms with Crippen molar-refractivity contribution < 1.29 is 32.3 Å². The molecule has 0 saturated heterocycles. The molecular formula is C30H30F3N7O5. The van der Waals surface area contributed by atoms with Crippen LogP contribution in [0.4, 0.5) is 23.7 Å². The van der Waals surface area contributed by atoms with Gasteiger partial charge in [-0.25, -0.2) is 27.9 Å². The second-order valence-corrected chi connectivity index (χ2v) is 10.1. The number of amides is 3. The van der Waals surface area contributed by atoms with Crippen molar-refractivity contribution in [1.29, 1.82) is 0 Å². The smallest absolute Gasteiger partial charge is 0.407 e. The van der Waals surface area contributed by atoms with E-state index in [4.69, 9.17) is 0 Å². The Hall–Kier alpha value is -5.47. The Kier molecular flexibility index (Phi) is 10.3. The summed E-state index contributed by atoms with van der Waals surface area (Å²) >= 11 is 0. The number of carbonyl (C=O) groups excluding carboxylic acids is 3. The van der Waals surface area contributed by atoms with Gasteiger partial charge in [-0.3, -0.25) is 19.0 Å². The Morgan fingerprint density at radius 3 is 2.51 bits per heavy atom. The van der Waals surface area contributed by atoms with E-state index in [-0.39, 0.29) is 54.4 Å². The number of aromatic nitrogens is 4. The van der Waals surface area contributed by atoms with Crippen LogP contribution >= 0.6 is 0 Å². The van der Waals surface area contributed by atoms with Crippen LogP contribution in [0.2, 0.25) is 0 Å². The van der Waals surface area contributed by atoms with Crippen LogP contribution in [0.5, 0.6) is 0 Å². The monoisotopic (exact) mass is 625 g/mol. The molecule has 3 amide bonds. The predicted octanol–water partition coefficient (Wildman–Crippen LogP) is 3.19. The summed E-state index contributed by atoms with van der Waals surface area (Å²) in [6, 6.07) is 5.87. The van der Waals surface area contributed by atoms with Gasteiger partial charge in [0.25, 0.3) is 5.56 Å². The average Bonchev–Trinajstić information content (AvgIpc) is 3.32. The molecule has 0 fully saturated rings. The first-order chi connectivity index (χ1) is 21.5. The van der Waals surface area contributed by atoms with Crippen molar-refractivity contribution in [2.45, 2.75) is 32.0 Å². The van der Waals surface area contributed by atoms with E-state index in [1.165, 1.54) is 41.6 Å². The molecule has 2 N–H and O–H groups in total. The molecule has 0 bridgehead atoms. The third-order valence-corrected chi connectivity index (χ3v) is 6.72. The molecule has 1 atom stereocenters. The van der Waals surface area contributed by atoms with Crippen LogP contribution < -0.4 is 16.2 Å². The lowest BCUT2D eigenvalue weighted by Gasteiger charge is -2.17. The number of hydrogen-bond acceptors (Lipinski definition) is 7. The summed E-state index contributed by atoms with van der Waals surface area (Å²) in [5.74, 6) is -2.84. The minimum atomic E-state index is -1.13. The Morgan fingerprint density at radius 1 is 1.07 bits per heavy atom. The van der Waals surface area contributed by atoms with Crippen LogP contribution in [0.15, 0.2) is 65.9 Å². The topological polar surface area (TPSA) is 140 Å². The molecule has 0 aliphatic carbocycles. The van der Waals surface area contributed by atoms with E-state index >= 15 is 0 Å². The maximum absolute atomic E-state index is 14.5. The maximum atomic E-state index is 14.5. The number of halogens is 3. The number of anilines is 1. The van der Waals surface area contributed by atoms with E-state index in [0.717, 1.165) is 30.0 Å². The Bertz CT molecular complexity index is 1820. The number of likely N-dealkylation sites (N-methyl/N-ethyl adjacent to an activating group) is 1. The van der Waals surface area contributed by atoms with E-state index in [2.05, 4.69) is 25.3 Å². The molecule has 45 heavy (non-hydrogen) atoms. The van der Waals surface area contributed by atoms with Crippen molar-refractivity contribution >= 4 is 34.6 Å². The van der Waals surface area contributed by atoms with Crippen LogP contribution in [0, 0.1) is 17.5 Å². The molecule has 236 valence electrons. The zero-order chi connectivity index (χ0) is 32.7. The maximum Gasteiger partial charge on any atom is 0.407 e. The zero-order valence-electron chi connectivity index (χ0n) is 24.6. The van der Waals surface area contributed by atoms with E-state index in [9.17, 15) is 32.3 Å². The number of benzene rings is 2. The third-order valence-electron chi connectivity index (χ3n) is 6.72. The number of imidazole rings is 1. The van der Waals surface area contributed by atoms with Gasteiger partial charge in [0.15, 0.2) is 0 Å². The minimum absolute atomic E-state index is 0.0765. The van der Waals surface area contributed by atoms with Crippen LogP contribution in [0.3, 0.4) is 0 Å². The summed E-state index contributed by atoms with van der Waals surface area (Å²) in [5, 5.41) is 4.87. The first-order valence-corrected chi connectivity index (χ1v) is 13.6. The second kappa shape index (κ2) is 14.3. The normalized spacial score (nSPS) is 11.9. The molecule has 0 radical (unpaired) electrons. The van der Waals surface area contributed by atoms with Gasteiger partial charge in [-0.15, -0.1) is 0 Å². The van der Waals surface area contributed by atoms with E-state index in [0.29, 0.717) is 5.52 Å². The summed E-state index contributed by atoms with van der Waals surface area (Å²) in [7, 11) is 4.30. The molecular weight excluding hydrogens is 595 g/mol. The Labute approximate surface area is 255 Å². The molecule has 2 aromatic heterocycles. The summed E-state index contributed by atoms with van der Waals surface area (Å²) < 4.78 is 49.4. The van der Waals surface area contributed by atoms with Crippen molar-refractivity contribution in [2.75, 3.05) is 26.5 Å². The number of methoxy groups -OCH3 is 1. The van der Waals surface area contributed by atoms with Crippen LogP contribution in [0.25, 0.3) is 11.0 Å². The number of allylic oxidation sites excluding steroid dienone is 1. The number of rotatable bonds is 11. The Balaban J connectivity index is 1.59. The van der Waals surface area contributed by atoms with E-state index < -0.39 is 41.1 Å². The fraction of sp³-hybridized carbons (Fsp3) is 0.267. The van der Waals surface area contributed by atoms with Gasteiger partial charge in [-0.2, -0.15) is 0 Å². The first kappa shape index (κ1) is 32.4. The minimum Gasteiger partial charge on any atom is -0.453 e. The van der Waals surface area contributed by atoms with Crippen molar-refractivity contribution in [1.82, 2.24) is 29.3 Å². The zero-order valence-corrected chi connectivity index (χ0v) is 24.6. The molecule has 4 rings (SSSR count). The lowest BCUT2D eigenvalue weighted by molar-refractivity contribution is -0.123. The quantitative estimate of drug-likeness (QED) is 0.244. The first-order valence-electron chi connectivity index (χ1n) is 13.6. The lowest BCUT2D eigenvalue weighted by Crippen LogP contribution is -2.44. The molecule has 2 aromatic carbocycles. The standard InChI is InChI=1S/C30H30F3N7O5/c1-38(2)27(41)7-5-4-6-22(37-30(44)45-3)28(42)36-24-14-34-17-39(29(24)43)16-26-35-23-13-20(32)10-11-25(23)40(26)15-18-8-9-19(31)12-21(18)33/h5,7-14,17,22H,4,6,15-16H2,1-3H3,(H,36,42)(H,37,44)/b7-5+. The van der Waals surface area contributed by atoms with Gasteiger partial charge in [0.05, 0.1) is 43.8 Å². The van der Waals surface area contributed by atoms with E-state index in [1.54, 1.807) is 24.7 Å². The largest absolute Gasteiger partial charge is 0.453 e. The van der Waals surface area contributed by atoms with E-state index in [1.807, 2.05) is 0 Å². The lowest BCUT2D eigenvalue weighted by atomic mass is 10.1. The SMILES string of the molecule is COC(=O)NC(CC/C=C/C(=O)N(C)C)C(=O)Nc1cncn(Cc2nc3cc(F)ccc3n2Cc2ccc(F)cc2F)c1=O. The number of ether oxygens (including phenoxy) is 1. The summed E-state index contributed by atoms with van der Waals surface area (Å²) in [6.45, 7) is -0.305. The van der Waals surface area contributed by atoms with Crippen molar-refractivity contribution in [2.24, 2.45) is 0 Å². The van der Waals surface area contributed by atoms with Gasteiger partial charge in [0.2, 0.25) is 11.8 Å². The molecule has 0 aliphatic heterocycles. The number of carbonyl (C=O) groups is 3. The number of alkyl carbamates (subject to hydrolysis) is 1. The number of fused-ring (bicyclic) bond motifs is 1. The number of nitrogens with zero attached hydrogens (tertiary/aromatic N) is 5. The molecule has 0 aliphatic rings. The summed E-state index contributed by atoms with van der Waals surface area (Å²) in [6.07, 6.45) is 4.66. The van der Waals surface area contributed by atoms with Crippen LogP contribution in [-0.4, -0.2) is 69.2 Å². The highest BCUT2D eigenvalue weighted by atomic mass is 19.1. The van der Waals surface area contributed by atoms with Gasteiger partial charge < -0.3 is 24.8 Å². The van der Waals surface area contributed by atoms with Crippen molar-refractivity contribution in [3.8, 4) is 0 Å². The highest BCUT2D eigenvalue weighted by molar-refractivity contribution is 5.96. The van der Waals surface area contributed by atoms with Crippen molar-refractivity contribution in [3.63, 3.8) is 0 Å². The molecule has 4 aromatic rings. The highest BCUT2D eigenvalue weighted by Crippen LogP contribution is 2.21. The third kappa shape index (κ3) is 8.13. The van der Waals surface area contributed by atoms with Gasteiger partial charge in [0.1, 0.15) is 35.0 Å². The van der Waals surface area contributed by atoms with Crippen molar-refractivity contribution in [3.05, 3.63) is 100 Å². The fourth-order valence-electron chi connectivity index (χ4n) is 4.36. The van der Waals surface area contributed by atoms with Gasteiger partial charge >= 0.3 is 6.09 Å². The molecule has 0 saturated carbocycles. The molecule has 1 unspecified atom stereocenters. The summed E-state index contributed by atoms with van der Waals surface area (Å²) in [4.78, 5) is 60.0. The second-order valence-electron chi connectivity index (χ2n) is 10.1. The van der Waals surface area contributed by atoms with Gasteiger partial charge in [0, 0.05) is 31.8 Å².